The van der Waals surface area contributed by atoms with Crippen molar-refractivity contribution in [1.82, 2.24) is 4.98 Å². The average molecular weight is 378 g/mol. The molecule has 3 aromatic rings. The van der Waals surface area contributed by atoms with Gasteiger partial charge in [0.1, 0.15) is 5.82 Å². The molecule has 4 rings (SSSR count). The highest BCUT2D eigenvalue weighted by Crippen LogP contribution is 2.42. The van der Waals surface area contributed by atoms with Gasteiger partial charge in [0.2, 0.25) is 5.56 Å². The second kappa shape index (κ2) is 7.90. The number of hydrogen-bond donors (Lipinski definition) is 1. The maximum atomic E-state index is 14.4. The van der Waals surface area contributed by atoms with Crippen LogP contribution >= 0.6 is 0 Å². The second-order valence-corrected chi connectivity index (χ2v) is 8.29. The molecular weight excluding hydrogens is 349 g/mol. The summed E-state index contributed by atoms with van der Waals surface area (Å²) in [5.41, 5.74) is 4.40. The van der Waals surface area contributed by atoms with Crippen LogP contribution in [0.1, 0.15) is 62.1 Å². The SMILES string of the molecule is CCC1(c2cc(F)cc(CCc3ccc4[nH]c(=O)ccc4c3)c2)CCCCC1. The highest BCUT2D eigenvalue weighted by molar-refractivity contribution is 5.78. The number of fused-ring (bicyclic) bond motifs is 1. The van der Waals surface area contributed by atoms with Crippen molar-refractivity contribution in [2.75, 3.05) is 0 Å². The minimum Gasteiger partial charge on any atom is -0.322 e. The third-order valence-corrected chi connectivity index (χ3v) is 6.55. The molecule has 1 N–H and O–H groups in total. The van der Waals surface area contributed by atoms with E-state index in [1.54, 1.807) is 18.2 Å². The normalized spacial score (nSPS) is 16.4. The molecule has 2 nitrogen and oxygen atoms in total. The summed E-state index contributed by atoms with van der Waals surface area (Å²) in [6.45, 7) is 2.25. The van der Waals surface area contributed by atoms with Crippen molar-refractivity contribution >= 4 is 10.9 Å². The summed E-state index contributed by atoms with van der Waals surface area (Å²) in [7, 11) is 0. The Hall–Kier alpha value is -2.42. The molecule has 28 heavy (non-hydrogen) atoms. The summed E-state index contributed by atoms with van der Waals surface area (Å²) in [5.74, 6) is -0.109. The van der Waals surface area contributed by atoms with Crippen LogP contribution in [0.25, 0.3) is 10.9 Å². The average Bonchev–Trinajstić information content (AvgIpc) is 2.72. The standard InChI is InChI=1S/C25H28FNO/c1-2-25(12-4-3-5-13-25)21-15-19(16-22(26)17-21)7-6-18-8-10-23-20(14-18)9-11-24(28)27-23/h8-11,14-17H,2-7,12-13H2,1H3,(H,27,28). The number of halogens is 1. The van der Waals surface area contributed by atoms with Crippen LogP contribution in [0.3, 0.4) is 0 Å². The Kier molecular flexibility index (Phi) is 5.34. The molecule has 3 heteroatoms. The van der Waals surface area contributed by atoms with Crippen LogP contribution in [0.15, 0.2) is 53.3 Å². The van der Waals surface area contributed by atoms with Gasteiger partial charge in [-0.3, -0.25) is 4.79 Å². The lowest BCUT2D eigenvalue weighted by Crippen LogP contribution is -2.28. The summed E-state index contributed by atoms with van der Waals surface area (Å²) in [6, 6.07) is 15.2. The number of nitrogens with one attached hydrogen (secondary N) is 1. The maximum Gasteiger partial charge on any atom is 0.248 e. The summed E-state index contributed by atoms with van der Waals surface area (Å²) in [4.78, 5) is 14.3. The van der Waals surface area contributed by atoms with E-state index >= 15 is 0 Å². The Morgan fingerprint density at radius 2 is 1.71 bits per heavy atom. The third-order valence-electron chi connectivity index (χ3n) is 6.55. The fourth-order valence-electron chi connectivity index (χ4n) is 4.82. The first kappa shape index (κ1) is 18.9. The van der Waals surface area contributed by atoms with Gasteiger partial charge in [-0.2, -0.15) is 0 Å². The van der Waals surface area contributed by atoms with Gasteiger partial charge < -0.3 is 4.98 Å². The van der Waals surface area contributed by atoms with E-state index in [2.05, 4.69) is 24.0 Å². The predicted molar refractivity (Wildman–Crippen MR) is 113 cm³/mol. The lowest BCUT2D eigenvalue weighted by Gasteiger charge is -2.37. The molecule has 0 bridgehead atoms. The van der Waals surface area contributed by atoms with E-state index in [1.165, 1.54) is 43.2 Å². The zero-order chi connectivity index (χ0) is 19.6. The minimum atomic E-state index is -0.109. The van der Waals surface area contributed by atoms with Gasteiger partial charge in [-0.15, -0.1) is 0 Å². The van der Waals surface area contributed by atoms with Crippen molar-refractivity contribution < 1.29 is 4.39 Å². The van der Waals surface area contributed by atoms with Gasteiger partial charge >= 0.3 is 0 Å². The zero-order valence-electron chi connectivity index (χ0n) is 16.6. The Balaban J connectivity index is 1.56. The van der Waals surface area contributed by atoms with Gasteiger partial charge in [0.25, 0.3) is 0 Å². The lowest BCUT2D eigenvalue weighted by atomic mass is 9.67. The van der Waals surface area contributed by atoms with E-state index in [-0.39, 0.29) is 16.8 Å². The molecule has 0 saturated heterocycles. The summed E-state index contributed by atoms with van der Waals surface area (Å²) >= 11 is 0. The zero-order valence-corrected chi connectivity index (χ0v) is 16.6. The van der Waals surface area contributed by atoms with E-state index in [0.717, 1.165) is 35.7 Å². The monoisotopic (exact) mass is 377 g/mol. The number of hydrogen-bond acceptors (Lipinski definition) is 1. The Bertz CT molecular complexity index is 1030. The van der Waals surface area contributed by atoms with Crippen LogP contribution in [0.4, 0.5) is 4.39 Å². The van der Waals surface area contributed by atoms with Crippen LogP contribution < -0.4 is 5.56 Å². The molecule has 146 valence electrons. The van der Waals surface area contributed by atoms with E-state index in [4.69, 9.17) is 0 Å². The highest BCUT2D eigenvalue weighted by atomic mass is 19.1. The van der Waals surface area contributed by atoms with Gasteiger partial charge in [-0.25, -0.2) is 4.39 Å². The molecule has 0 spiro atoms. The van der Waals surface area contributed by atoms with Crippen molar-refractivity contribution in [1.29, 1.82) is 0 Å². The number of benzene rings is 2. The van der Waals surface area contributed by atoms with Crippen molar-refractivity contribution in [2.24, 2.45) is 0 Å². The van der Waals surface area contributed by atoms with Gasteiger partial charge in [0, 0.05) is 11.6 Å². The molecule has 2 aromatic carbocycles. The van der Waals surface area contributed by atoms with Crippen molar-refractivity contribution in [3.63, 3.8) is 0 Å². The topological polar surface area (TPSA) is 32.9 Å². The lowest BCUT2D eigenvalue weighted by molar-refractivity contribution is 0.282. The fourth-order valence-corrected chi connectivity index (χ4v) is 4.82. The molecule has 0 atom stereocenters. The molecule has 1 heterocycles. The van der Waals surface area contributed by atoms with Crippen LogP contribution in [0, 0.1) is 5.82 Å². The minimum absolute atomic E-state index is 0.0832. The highest BCUT2D eigenvalue weighted by Gasteiger charge is 2.32. The molecule has 1 aromatic heterocycles. The molecule has 0 radical (unpaired) electrons. The van der Waals surface area contributed by atoms with Crippen LogP contribution in [0.5, 0.6) is 0 Å². The van der Waals surface area contributed by atoms with E-state index in [9.17, 15) is 9.18 Å². The fraction of sp³-hybridized carbons (Fsp3) is 0.400. The van der Waals surface area contributed by atoms with Crippen LogP contribution in [0.2, 0.25) is 0 Å². The van der Waals surface area contributed by atoms with Gasteiger partial charge in [-0.05, 0) is 89.9 Å². The second-order valence-electron chi connectivity index (χ2n) is 8.29. The van der Waals surface area contributed by atoms with Crippen molar-refractivity contribution in [3.8, 4) is 0 Å². The maximum absolute atomic E-state index is 14.4. The van der Waals surface area contributed by atoms with Crippen LogP contribution in [-0.2, 0) is 18.3 Å². The Morgan fingerprint density at radius 3 is 2.50 bits per heavy atom. The number of rotatable bonds is 5. The van der Waals surface area contributed by atoms with Crippen LogP contribution in [-0.4, -0.2) is 4.98 Å². The quantitative estimate of drug-likeness (QED) is 0.575. The number of aryl methyl sites for hydroxylation is 2. The molecule has 1 fully saturated rings. The summed E-state index contributed by atoms with van der Waals surface area (Å²) in [5, 5.41) is 1.03. The molecule has 0 unspecified atom stereocenters. The first-order valence-corrected chi connectivity index (χ1v) is 10.5. The number of aromatic nitrogens is 1. The van der Waals surface area contributed by atoms with Gasteiger partial charge in [0.05, 0.1) is 0 Å². The first-order valence-electron chi connectivity index (χ1n) is 10.5. The molecule has 0 amide bonds. The van der Waals surface area contributed by atoms with Gasteiger partial charge in [0.15, 0.2) is 0 Å². The Labute approximate surface area is 165 Å². The van der Waals surface area contributed by atoms with Crippen molar-refractivity contribution in [2.45, 2.75) is 63.7 Å². The molecule has 1 aliphatic rings. The molecule has 1 saturated carbocycles. The van der Waals surface area contributed by atoms with E-state index < -0.39 is 0 Å². The van der Waals surface area contributed by atoms with E-state index in [0.29, 0.717) is 0 Å². The smallest absolute Gasteiger partial charge is 0.248 e. The molecule has 0 aliphatic heterocycles. The van der Waals surface area contributed by atoms with Gasteiger partial charge in [-0.1, -0.05) is 38.3 Å². The Morgan fingerprint density at radius 1 is 0.929 bits per heavy atom. The number of H-pyrrole nitrogens is 1. The summed E-state index contributed by atoms with van der Waals surface area (Å²) < 4.78 is 14.4. The largest absolute Gasteiger partial charge is 0.322 e. The van der Waals surface area contributed by atoms with E-state index in [1.807, 2.05) is 18.2 Å². The first-order chi connectivity index (χ1) is 13.6. The number of aromatic amines is 1. The summed E-state index contributed by atoms with van der Waals surface area (Å²) in [6.07, 6.45) is 8.91. The van der Waals surface area contributed by atoms with Crippen molar-refractivity contribution in [3.05, 3.63) is 81.4 Å². The molecule has 1 aliphatic carbocycles. The third kappa shape index (κ3) is 3.89. The number of pyridine rings is 1. The molecular formula is C25H28FNO. The predicted octanol–water partition coefficient (Wildman–Crippen LogP) is 6.06.